The molecule has 0 saturated carbocycles. The molecule has 1 aromatic carbocycles. The Morgan fingerprint density at radius 2 is 1.42 bits per heavy atom. The summed E-state index contributed by atoms with van der Waals surface area (Å²) >= 11 is 0. The lowest BCUT2D eigenvalue weighted by Crippen LogP contribution is -2.35. The Morgan fingerprint density at radius 3 is 1.84 bits per heavy atom. The second-order valence-corrected chi connectivity index (χ2v) is 3.67. The third-order valence-corrected chi connectivity index (χ3v) is 2.37. The largest absolute Gasteiger partial charge is 0.465 e. The molecule has 5 nitrogen and oxygen atoms in total. The van der Waals surface area contributed by atoms with Crippen molar-refractivity contribution in [2.75, 3.05) is 13.2 Å². The molecule has 0 spiro atoms. The van der Waals surface area contributed by atoms with Gasteiger partial charge in [0.15, 0.2) is 5.78 Å². The molecular formula is C14H16O5. The van der Waals surface area contributed by atoms with Crippen LogP contribution < -0.4 is 0 Å². The third kappa shape index (κ3) is 3.91. The van der Waals surface area contributed by atoms with Crippen LogP contribution in [-0.4, -0.2) is 30.9 Å². The molecule has 0 aliphatic carbocycles. The third-order valence-electron chi connectivity index (χ3n) is 2.37. The van der Waals surface area contributed by atoms with E-state index in [0.717, 1.165) is 0 Å². The Morgan fingerprint density at radius 1 is 0.947 bits per heavy atom. The van der Waals surface area contributed by atoms with Gasteiger partial charge in [-0.3, -0.25) is 14.4 Å². The first-order valence-corrected chi connectivity index (χ1v) is 6.04. The monoisotopic (exact) mass is 264 g/mol. The number of esters is 2. The summed E-state index contributed by atoms with van der Waals surface area (Å²) in [6.45, 7) is 3.40. The lowest BCUT2D eigenvalue weighted by molar-refractivity contribution is -0.158. The maximum atomic E-state index is 12.2. The van der Waals surface area contributed by atoms with Gasteiger partial charge in [0.05, 0.1) is 13.2 Å². The summed E-state index contributed by atoms with van der Waals surface area (Å²) in [5.41, 5.74) is 0.272. The molecule has 0 aliphatic heterocycles. The van der Waals surface area contributed by atoms with Crippen LogP contribution in [0.25, 0.3) is 0 Å². The van der Waals surface area contributed by atoms with Gasteiger partial charge in [-0.05, 0) is 13.8 Å². The Balaban J connectivity index is 2.99. The zero-order valence-corrected chi connectivity index (χ0v) is 10.9. The second-order valence-electron chi connectivity index (χ2n) is 3.67. The summed E-state index contributed by atoms with van der Waals surface area (Å²) in [6, 6.07) is 8.11. The minimum Gasteiger partial charge on any atom is -0.465 e. The van der Waals surface area contributed by atoms with Crippen molar-refractivity contribution in [1.29, 1.82) is 0 Å². The van der Waals surface area contributed by atoms with Crippen LogP contribution in [0.4, 0.5) is 0 Å². The van der Waals surface area contributed by atoms with E-state index in [2.05, 4.69) is 0 Å². The quantitative estimate of drug-likeness (QED) is 0.443. The summed E-state index contributed by atoms with van der Waals surface area (Å²) in [7, 11) is 0. The van der Waals surface area contributed by atoms with Crippen LogP contribution in [0, 0.1) is 5.92 Å². The SMILES string of the molecule is CCOC(=O)C(C(=O)OCC)C(=O)c1ccccc1. The van der Waals surface area contributed by atoms with Gasteiger partial charge in [-0.25, -0.2) is 0 Å². The molecule has 0 fully saturated rings. The van der Waals surface area contributed by atoms with E-state index in [1.54, 1.807) is 32.0 Å². The van der Waals surface area contributed by atoms with Crippen LogP contribution in [0.1, 0.15) is 24.2 Å². The summed E-state index contributed by atoms with van der Waals surface area (Å²) in [4.78, 5) is 35.6. The number of ketones is 1. The van der Waals surface area contributed by atoms with Gasteiger partial charge in [-0.2, -0.15) is 0 Å². The number of hydrogen-bond donors (Lipinski definition) is 0. The number of hydrogen-bond acceptors (Lipinski definition) is 5. The van der Waals surface area contributed by atoms with E-state index in [-0.39, 0.29) is 18.8 Å². The summed E-state index contributed by atoms with van der Waals surface area (Å²) in [5, 5.41) is 0. The van der Waals surface area contributed by atoms with Gasteiger partial charge in [0.25, 0.3) is 0 Å². The van der Waals surface area contributed by atoms with Crippen LogP contribution in [-0.2, 0) is 19.1 Å². The average Bonchev–Trinajstić information content (AvgIpc) is 2.40. The second kappa shape index (κ2) is 7.31. The minimum absolute atomic E-state index is 0.0941. The number of Topliss-reactive ketones (excluding diaryl/α,β-unsaturated/α-hetero) is 1. The Labute approximate surface area is 111 Å². The van der Waals surface area contributed by atoms with Gasteiger partial charge in [0.2, 0.25) is 5.92 Å². The van der Waals surface area contributed by atoms with Crippen molar-refractivity contribution in [1.82, 2.24) is 0 Å². The predicted molar refractivity (Wildman–Crippen MR) is 67.5 cm³/mol. The van der Waals surface area contributed by atoms with Crippen molar-refractivity contribution in [2.45, 2.75) is 13.8 Å². The van der Waals surface area contributed by atoms with Crippen LogP contribution >= 0.6 is 0 Å². The van der Waals surface area contributed by atoms with Gasteiger partial charge < -0.3 is 9.47 Å². The molecule has 0 N–H and O–H groups in total. The molecule has 0 bridgehead atoms. The smallest absolute Gasteiger partial charge is 0.328 e. The molecule has 0 aromatic heterocycles. The van der Waals surface area contributed by atoms with Crippen LogP contribution in [0.15, 0.2) is 30.3 Å². The molecule has 0 radical (unpaired) electrons. The maximum absolute atomic E-state index is 12.2. The molecule has 1 aromatic rings. The number of carbonyl (C=O) groups excluding carboxylic acids is 3. The van der Waals surface area contributed by atoms with Gasteiger partial charge in [-0.15, -0.1) is 0 Å². The molecule has 19 heavy (non-hydrogen) atoms. The van der Waals surface area contributed by atoms with Crippen LogP contribution in [0.2, 0.25) is 0 Å². The molecule has 102 valence electrons. The summed E-state index contributed by atoms with van der Waals surface area (Å²) in [6.07, 6.45) is 0. The fourth-order valence-corrected chi connectivity index (χ4v) is 1.53. The van der Waals surface area contributed by atoms with Crippen molar-refractivity contribution in [3.63, 3.8) is 0 Å². The van der Waals surface area contributed by atoms with E-state index in [4.69, 9.17) is 9.47 Å². The van der Waals surface area contributed by atoms with E-state index in [1.165, 1.54) is 12.1 Å². The van der Waals surface area contributed by atoms with Crippen molar-refractivity contribution < 1.29 is 23.9 Å². The lowest BCUT2D eigenvalue weighted by atomic mass is 9.98. The number of ether oxygens (including phenoxy) is 2. The zero-order chi connectivity index (χ0) is 14.3. The fourth-order valence-electron chi connectivity index (χ4n) is 1.53. The van der Waals surface area contributed by atoms with Crippen molar-refractivity contribution in [3.05, 3.63) is 35.9 Å². The van der Waals surface area contributed by atoms with E-state index >= 15 is 0 Å². The van der Waals surface area contributed by atoms with Crippen LogP contribution in [0.5, 0.6) is 0 Å². The molecule has 1 rings (SSSR count). The fraction of sp³-hybridized carbons (Fsp3) is 0.357. The van der Waals surface area contributed by atoms with Crippen molar-refractivity contribution >= 4 is 17.7 Å². The molecule has 0 saturated heterocycles. The maximum Gasteiger partial charge on any atom is 0.328 e. The topological polar surface area (TPSA) is 69.7 Å². The Hall–Kier alpha value is -2.17. The van der Waals surface area contributed by atoms with Crippen LogP contribution in [0.3, 0.4) is 0 Å². The van der Waals surface area contributed by atoms with Gasteiger partial charge in [-0.1, -0.05) is 30.3 Å². The highest BCUT2D eigenvalue weighted by atomic mass is 16.6. The van der Waals surface area contributed by atoms with E-state index < -0.39 is 23.6 Å². The first-order valence-electron chi connectivity index (χ1n) is 6.04. The summed E-state index contributed by atoms with van der Waals surface area (Å²) < 4.78 is 9.51. The zero-order valence-electron chi connectivity index (χ0n) is 10.9. The number of rotatable bonds is 6. The lowest BCUT2D eigenvalue weighted by Gasteiger charge is -2.13. The van der Waals surface area contributed by atoms with E-state index in [1.807, 2.05) is 0 Å². The van der Waals surface area contributed by atoms with E-state index in [0.29, 0.717) is 0 Å². The molecule has 0 amide bonds. The standard InChI is InChI=1S/C14H16O5/c1-3-18-13(16)11(14(17)19-4-2)12(15)10-8-6-5-7-9-10/h5-9,11H,3-4H2,1-2H3. The first kappa shape index (κ1) is 14.9. The van der Waals surface area contributed by atoms with E-state index in [9.17, 15) is 14.4 Å². The highest BCUT2D eigenvalue weighted by Gasteiger charge is 2.37. The average molecular weight is 264 g/mol. The Bertz CT molecular complexity index is 434. The molecule has 0 aliphatic rings. The molecular weight excluding hydrogens is 248 g/mol. The number of carbonyl (C=O) groups is 3. The summed E-state index contributed by atoms with van der Waals surface area (Å²) in [5.74, 6) is -3.93. The molecule has 0 heterocycles. The Kier molecular flexibility index (Phi) is 5.73. The van der Waals surface area contributed by atoms with Gasteiger partial charge in [0, 0.05) is 5.56 Å². The normalized spacial score (nSPS) is 10.1. The molecule has 0 atom stereocenters. The molecule has 0 unspecified atom stereocenters. The highest BCUT2D eigenvalue weighted by molar-refractivity contribution is 6.20. The van der Waals surface area contributed by atoms with Gasteiger partial charge in [0.1, 0.15) is 0 Å². The highest BCUT2D eigenvalue weighted by Crippen LogP contribution is 2.13. The van der Waals surface area contributed by atoms with Crippen molar-refractivity contribution in [2.24, 2.45) is 5.92 Å². The predicted octanol–water partition coefficient (Wildman–Crippen LogP) is 1.61. The van der Waals surface area contributed by atoms with Gasteiger partial charge >= 0.3 is 11.9 Å². The first-order chi connectivity index (χ1) is 9.11. The van der Waals surface area contributed by atoms with Crippen molar-refractivity contribution in [3.8, 4) is 0 Å². The number of benzene rings is 1. The minimum atomic E-state index is -1.55. The molecule has 5 heteroatoms.